The summed E-state index contributed by atoms with van der Waals surface area (Å²) in [7, 11) is 1.70. The third-order valence-electron chi connectivity index (χ3n) is 5.10. The van der Waals surface area contributed by atoms with Crippen molar-refractivity contribution in [2.24, 2.45) is 0 Å². The van der Waals surface area contributed by atoms with E-state index in [4.69, 9.17) is 4.74 Å². The van der Waals surface area contributed by atoms with E-state index in [1.54, 1.807) is 7.11 Å². The molecule has 0 aromatic heterocycles. The van der Waals surface area contributed by atoms with Crippen LogP contribution in [-0.4, -0.2) is 50.8 Å². The molecule has 0 atom stereocenters. The number of piperazine rings is 1. The fourth-order valence-corrected chi connectivity index (χ4v) is 3.61. The zero-order valence-electron chi connectivity index (χ0n) is 15.2. The zero-order valence-corrected chi connectivity index (χ0v) is 15.2. The standard InChI is InChI=1S/C20H29N3O2/c1-25-19-10-6-5-9-18(19)22-13-15-23(16-14-22)20(24)21-12-11-17-7-3-2-4-8-17/h5-7,9-10H,2-4,8,11-16H2,1H3,(H,21,24). The lowest BCUT2D eigenvalue weighted by molar-refractivity contribution is 0.194. The molecule has 2 amide bonds. The number of benzene rings is 1. The number of carbonyl (C=O) groups excluding carboxylic acids is 1. The number of urea groups is 1. The topological polar surface area (TPSA) is 44.8 Å². The summed E-state index contributed by atoms with van der Waals surface area (Å²) in [4.78, 5) is 16.6. The SMILES string of the molecule is COc1ccccc1N1CCN(C(=O)NCCC2=CCCCC2)CC1. The summed E-state index contributed by atoms with van der Waals surface area (Å²) >= 11 is 0. The van der Waals surface area contributed by atoms with Crippen molar-refractivity contribution in [2.45, 2.75) is 32.1 Å². The lowest BCUT2D eigenvalue weighted by Crippen LogP contribution is -2.52. The molecule has 0 unspecified atom stereocenters. The van der Waals surface area contributed by atoms with E-state index in [1.807, 2.05) is 23.1 Å². The van der Waals surface area contributed by atoms with Crippen LogP contribution in [0.25, 0.3) is 0 Å². The normalized spacial score (nSPS) is 17.9. The van der Waals surface area contributed by atoms with Crippen LogP contribution in [0.4, 0.5) is 10.5 Å². The third-order valence-corrected chi connectivity index (χ3v) is 5.10. The molecule has 25 heavy (non-hydrogen) atoms. The minimum atomic E-state index is 0.0658. The number of amides is 2. The Hall–Kier alpha value is -2.17. The van der Waals surface area contributed by atoms with Crippen LogP contribution in [0.15, 0.2) is 35.9 Å². The fraction of sp³-hybridized carbons (Fsp3) is 0.550. The number of ether oxygens (including phenoxy) is 1. The molecular formula is C20H29N3O2. The van der Waals surface area contributed by atoms with Gasteiger partial charge in [0.1, 0.15) is 5.75 Å². The van der Waals surface area contributed by atoms with E-state index in [0.717, 1.165) is 50.6 Å². The predicted octanol–water partition coefficient (Wildman–Crippen LogP) is 3.42. The average Bonchev–Trinajstić information content (AvgIpc) is 2.69. The second-order valence-electron chi connectivity index (χ2n) is 6.74. The van der Waals surface area contributed by atoms with Crippen molar-refractivity contribution >= 4 is 11.7 Å². The van der Waals surface area contributed by atoms with E-state index < -0.39 is 0 Å². The van der Waals surface area contributed by atoms with Gasteiger partial charge < -0.3 is 19.9 Å². The molecule has 1 aliphatic heterocycles. The first-order chi connectivity index (χ1) is 12.3. The lowest BCUT2D eigenvalue weighted by atomic mass is 9.97. The summed E-state index contributed by atoms with van der Waals surface area (Å²) in [6, 6.07) is 8.13. The summed E-state index contributed by atoms with van der Waals surface area (Å²) in [6.07, 6.45) is 8.35. The number of hydrogen-bond acceptors (Lipinski definition) is 3. The molecule has 5 nitrogen and oxygen atoms in total. The molecule has 1 aromatic rings. The number of nitrogens with one attached hydrogen (secondary N) is 1. The highest BCUT2D eigenvalue weighted by Gasteiger charge is 2.22. The van der Waals surface area contributed by atoms with Crippen LogP contribution in [0.3, 0.4) is 0 Å². The Morgan fingerprint density at radius 2 is 1.96 bits per heavy atom. The van der Waals surface area contributed by atoms with Gasteiger partial charge in [-0.3, -0.25) is 0 Å². The molecule has 5 heteroatoms. The maximum absolute atomic E-state index is 12.4. The van der Waals surface area contributed by atoms with Gasteiger partial charge in [0.05, 0.1) is 12.8 Å². The van der Waals surface area contributed by atoms with E-state index in [1.165, 1.54) is 31.3 Å². The van der Waals surface area contributed by atoms with Crippen LogP contribution >= 0.6 is 0 Å². The van der Waals surface area contributed by atoms with Gasteiger partial charge >= 0.3 is 6.03 Å². The number of allylic oxidation sites excluding steroid dienone is 1. The lowest BCUT2D eigenvalue weighted by Gasteiger charge is -2.36. The van der Waals surface area contributed by atoms with Crippen molar-refractivity contribution in [1.29, 1.82) is 0 Å². The average molecular weight is 343 g/mol. The highest BCUT2D eigenvalue weighted by molar-refractivity contribution is 5.74. The van der Waals surface area contributed by atoms with Crippen molar-refractivity contribution in [3.63, 3.8) is 0 Å². The monoisotopic (exact) mass is 343 g/mol. The maximum Gasteiger partial charge on any atom is 0.317 e. The first kappa shape index (κ1) is 17.6. The molecule has 3 rings (SSSR count). The van der Waals surface area contributed by atoms with E-state index in [2.05, 4.69) is 22.4 Å². The summed E-state index contributed by atoms with van der Waals surface area (Å²) in [5, 5.41) is 3.08. The van der Waals surface area contributed by atoms with Crippen LogP contribution in [0.1, 0.15) is 32.1 Å². The Balaban J connectivity index is 1.43. The molecule has 1 heterocycles. The Morgan fingerprint density at radius 1 is 1.16 bits per heavy atom. The minimum Gasteiger partial charge on any atom is -0.495 e. The second-order valence-corrected chi connectivity index (χ2v) is 6.74. The maximum atomic E-state index is 12.4. The van der Waals surface area contributed by atoms with E-state index in [0.29, 0.717) is 0 Å². The molecule has 1 aliphatic carbocycles. The molecule has 1 aromatic carbocycles. The van der Waals surface area contributed by atoms with Gasteiger partial charge in [-0.2, -0.15) is 0 Å². The van der Waals surface area contributed by atoms with Gasteiger partial charge in [-0.05, 0) is 44.2 Å². The van der Waals surface area contributed by atoms with Crippen LogP contribution in [0, 0.1) is 0 Å². The van der Waals surface area contributed by atoms with Gasteiger partial charge in [0.15, 0.2) is 0 Å². The van der Waals surface area contributed by atoms with Gasteiger partial charge in [0.25, 0.3) is 0 Å². The van der Waals surface area contributed by atoms with E-state index in [-0.39, 0.29) is 6.03 Å². The zero-order chi connectivity index (χ0) is 17.5. The van der Waals surface area contributed by atoms with Crippen molar-refractivity contribution in [3.05, 3.63) is 35.9 Å². The quantitative estimate of drug-likeness (QED) is 0.833. The largest absolute Gasteiger partial charge is 0.495 e. The third kappa shape index (κ3) is 4.68. The first-order valence-electron chi connectivity index (χ1n) is 9.36. The molecule has 0 saturated carbocycles. The Kier molecular flexibility index (Phi) is 6.20. The van der Waals surface area contributed by atoms with Crippen LogP contribution in [0.2, 0.25) is 0 Å². The first-order valence-corrected chi connectivity index (χ1v) is 9.36. The van der Waals surface area contributed by atoms with Gasteiger partial charge in [-0.1, -0.05) is 23.8 Å². The Labute approximate surface area is 150 Å². The van der Waals surface area contributed by atoms with Gasteiger partial charge in [-0.25, -0.2) is 4.79 Å². The summed E-state index contributed by atoms with van der Waals surface area (Å²) in [5.74, 6) is 0.890. The van der Waals surface area contributed by atoms with Crippen molar-refractivity contribution in [3.8, 4) is 5.75 Å². The predicted molar refractivity (Wildman–Crippen MR) is 101 cm³/mol. The van der Waals surface area contributed by atoms with E-state index >= 15 is 0 Å². The van der Waals surface area contributed by atoms with Gasteiger partial charge in [-0.15, -0.1) is 0 Å². The molecular weight excluding hydrogens is 314 g/mol. The van der Waals surface area contributed by atoms with Crippen molar-refractivity contribution in [1.82, 2.24) is 10.2 Å². The molecule has 0 spiro atoms. The second kappa shape index (κ2) is 8.79. The van der Waals surface area contributed by atoms with Crippen LogP contribution < -0.4 is 15.0 Å². The summed E-state index contributed by atoms with van der Waals surface area (Å²) in [6.45, 7) is 3.90. The number of anilines is 1. The van der Waals surface area contributed by atoms with Crippen molar-refractivity contribution < 1.29 is 9.53 Å². The molecule has 2 aliphatic rings. The fourth-order valence-electron chi connectivity index (χ4n) is 3.61. The Bertz CT molecular complexity index is 607. The number of methoxy groups -OCH3 is 1. The van der Waals surface area contributed by atoms with Gasteiger partial charge in [0.2, 0.25) is 0 Å². The molecule has 0 bridgehead atoms. The van der Waals surface area contributed by atoms with E-state index in [9.17, 15) is 4.79 Å². The molecule has 1 fully saturated rings. The number of rotatable bonds is 5. The number of carbonyl (C=O) groups is 1. The van der Waals surface area contributed by atoms with Crippen LogP contribution in [0.5, 0.6) is 5.75 Å². The molecule has 1 saturated heterocycles. The summed E-state index contributed by atoms with van der Waals surface area (Å²) < 4.78 is 5.44. The minimum absolute atomic E-state index is 0.0658. The number of nitrogens with zero attached hydrogens (tertiary/aromatic N) is 2. The smallest absolute Gasteiger partial charge is 0.317 e. The molecule has 0 radical (unpaired) electrons. The highest BCUT2D eigenvalue weighted by atomic mass is 16.5. The number of hydrogen-bond donors (Lipinski definition) is 1. The highest BCUT2D eigenvalue weighted by Crippen LogP contribution is 2.28. The number of para-hydroxylation sites is 2. The summed E-state index contributed by atoms with van der Waals surface area (Å²) in [5.41, 5.74) is 2.61. The molecule has 1 N–H and O–H groups in total. The van der Waals surface area contributed by atoms with Crippen molar-refractivity contribution in [2.75, 3.05) is 44.7 Å². The van der Waals surface area contributed by atoms with Crippen LogP contribution in [-0.2, 0) is 0 Å². The van der Waals surface area contributed by atoms with Gasteiger partial charge in [0, 0.05) is 32.7 Å². The molecule has 136 valence electrons. The Morgan fingerprint density at radius 3 is 2.68 bits per heavy atom.